The number of halogens is 1. The topological polar surface area (TPSA) is 66.5 Å². The van der Waals surface area contributed by atoms with Gasteiger partial charge in [-0.2, -0.15) is 0 Å². The maximum Gasteiger partial charge on any atom is 0.307 e. The number of benzene rings is 1. The Hall–Kier alpha value is -1.66. The SMILES string of the molecule is CCOC(=O)C[C@@H]1CSC(c2cc3cc(Cl)cc(NC4CCCC4)c3[nH]2)=N1. The summed E-state index contributed by atoms with van der Waals surface area (Å²) in [5, 5.41) is 6.41. The van der Waals surface area contributed by atoms with E-state index in [0.717, 1.165) is 38.1 Å². The summed E-state index contributed by atoms with van der Waals surface area (Å²) in [6, 6.07) is 6.57. The van der Waals surface area contributed by atoms with Gasteiger partial charge in [0, 0.05) is 22.2 Å². The van der Waals surface area contributed by atoms with Crippen LogP contribution >= 0.6 is 23.4 Å². The first kappa shape index (κ1) is 18.7. The number of carbonyl (C=O) groups is 1. The van der Waals surface area contributed by atoms with Crippen LogP contribution in [0.1, 0.15) is 44.7 Å². The van der Waals surface area contributed by atoms with Crippen LogP contribution in [0.5, 0.6) is 0 Å². The van der Waals surface area contributed by atoms with Crippen LogP contribution in [0.4, 0.5) is 5.69 Å². The second-order valence-corrected chi connectivity index (χ2v) is 8.58. The average molecular weight is 406 g/mol. The highest BCUT2D eigenvalue weighted by Gasteiger charge is 2.24. The summed E-state index contributed by atoms with van der Waals surface area (Å²) >= 11 is 8.03. The molecular weight excluding hydrogens is 382 g/mol. The minimum Gasteiger partial charge on any atom is -0.466 e. The molecule has 2 aliphatic rings. The first-order chi connectivity index (χ1) is 13.1. The van der Waals surface area contributed by atoms with Gasteiger partial charge in [0.25, 0.3) is 0 Å². The molecular formula is C20H24ClN3O2S. The van der Waals surface area contributed by atoms with Gasteiger partial charge in [-0.3, -0.25) is 9.79 Å². The Bertz CT molecular complexity index is 873. The molecule has 4 rings (SSSR count). The highest BCUT2D eigenvalue weighted by atomic mass is 35.5. The number of hydrogen-bond donors (Lipinski definition) is 2. The lowest BCUT2D eigenvalue weighted by Crippen LogP contribution is -2.14. The highest BCUT2D eigenvalue weighted by molar-refractivity contribution is 8.14. The molecule has 144 valence electrons. The third-order valence-electron chi connectivity index (χ3n) is 5.06. The van der Waals surface area contributed by atoms with Crippen molar-refractivity contribution in [2.24, 2.45) is 4.99 Å². The van der Waals surface area contributed by atoms with Crippen molar-refractivity contribution in [2.45, 2.75) is 51.1 Å². The van der Waals surface area contributed by atoms with Crippen molar-refractivity contribution in [1.29, 1.82) is 0 Å². The van der Waals surface area contributed by atoms with Crippen molar-refractivity contribution in [2.75, 3.05) is 17.7 Å². The van der Waals surface area contributed by atoms with E-state index < -0.39 is 0 Å². The van der Waals surface area contributed by atoms with E-state index in [2.05, 4.69) is 16.4 Å². The number of aromatic nitrogens is 1. The van der Waals surface area contributed by atoms with Crippen molar-refractivity contribution in [3.05, 3.63) is 28.9 Å². The van der Waals surface area contributed by atoms with Crippen LogP contribution in [0.15, 0.2) is 23.2 Å². The summed E-state index contributed by atoms with van der Waals surface area (Å²) in [5.74, 6) is 0.622. The van der Waals surface area contributed by atoms with Crippen molar-refractivity contribution >= 4 is 51.0 Å². The summed E-state index contributed by atoms with van der Waals surface area (Å²) in [7, 11) is 0. The number of thioether (sulfide) groups is 1. The lowest BCUT2D eigenvalue weighted by Gasteiger charge is -2.14. The van der Waals surface area contributed by atoms with E-state index in [4.69, 9.17) is 21.3 Å². The first-order valence-corrected chi connectivity index (χ1v) is 10.9. The molecule has 1 aliphatic heterocycles. The number of H-pyrrole nitrogens is 1. The Kier molecular flexibility index (Phi) is 5.64. The Morgan fingerprint density at radius 2 is 2.19 bits per heavy atom. The van der Waals surface area contributed by atoms with E-state index in [1.54, 1.807) is 11.8 Å². The standard InChI is InChI=1S/C20H24ClN3O2S/c1-2-26-18(25)10-15-11-27-20(23-15)17-8-12-7-13(21)9-16(19(12)24-17)22-14-5-3-4-6-14/h7-9,14-15,22,24H,2-6,10-11H2,1H3/t15-/m1/s1. The van der Waals surface area contributed by atoms with Crippen molar-refractivity contribution in [3.8, 4) is 0 Å². The maximum atomic E-state index is 11.7. The Morgan fingerprint density at radius 1 is 1.37 bits per heavy atom. The second kappa shape index (κ2) is 8.15. The molecule has 1 fully saturated rings. The molecule has 7 heteroatoms. The van der Waals surface area contributed by atoms with Gasteiger partial charge in [0.2, 0.25) is 0 Å². The number of anilines is 1. The number of esters is 1. The number of nitrogens with zero attached hydrogens (tertiary/aromatic N) is 1. The van der Waals surface area contributed by atoms with Crippen LogP contribution in [0.3, 0.4) is 0 Å². The smallest absolute Gasteiger partial charge is 0.307 e. The molecule has 27 heavy (non-hydrogen) atoms. The Morgan fingerprint density at radius 3 is 2.96 bits per heavy atom. The van der Waals surface area contributed by atoms with Crippen LogP contribution in [-0.2, 0) is 9.53 Å². The fourth-order valence-electron chi connectivity index (χ4n) is 3.81. The number of nitrogens with one attached hydrogen (secondary N) is 2. The molecule has 5 nitrogen and oxygen atoms in total. The van der Waals surface area contributed by atoms with Gasteiger partial charge in [0.1, 0.15) is 5.04 Å². The van der Waals surface area contributed by atoms with Gasteiger partial charge in [0.15, 0.2) is 0 Å². The van der Waals surface area contributed by atoms with Crippen LogP contribution < -0.4 is 5.32 Å². The number of aromatic amines is 1. The van der Waals surface area contributed by atoms with Crippen molar-refractivity contribution in [3.63, 3.8) is 0 Å². The molecule has 2 heterocycles. The van der Waals surface area contributed by atoms with Gasteiger partial charge in [0.05, 0.1) is 36.0 Å². The fourth-order valence-corrected chi connectivity index (χ4v) is 5.06. The highest BCUT2D eigenvalue weighted by Crippen LogP contribution is 2.33. The molecule has 1 aromatic heterocycles. The summed E-state index contributed by atoms with van der Waals surface area (Å²) in [6.45, 7) is 2.23. The zero-order chi connectivity index (χ0) is 18.8. The number of fused-ring (bicyclic) bond motifs is 1. The quantitative estimate of drug-likeness (QED) is 0.664. The molecule has 0 bridgehead atoms. The minimum atomic E-state index is -0.181. The minimum absolute atomic E-state index is 0.0184. The number of carbonyl (C=O) groups excluding carboxylic acids is 1. The Balaban J connectivity index is 1.57. The van der Waals surface area contributed by atoms with E-state index in [0.29, 0.717) is 19.1 Å². The van der Waals surface area contributed by atoms with Crippen LogP contribution in [0.25, 0.3) is 10.9 Å². The summed E-state index contributed by atoms with van der Waals surface area (Å²) in [5.41, 5.74) is 3.11. The fraction of sp³-hybridized carbons (Fsp3) is 0.500. The van der Waals surface area contributed by atoms with Crippen LogP contribution in [-0.4, -0.2) is 40.4 Å². The van der Waals surface area contributed by atoms with E-state index >= 15 is 0 Å². The normalized spacial score (nSPS) is 20.2. The molecule has 1 aromatic carbocycles. The van der Waals surface area contributed by atoms with Crippen LogP contribution in [0, 0.1) is 0 Å². The third kappa shape index (κ3) is 4.27. The molecule has 1 atom stereocenters. The van der Waals surface area contributed by atoms with Gasteiger partial charge >= 0.3 is 5.97 Å². The molecule has 0 spiro atoms. The molecule has 0 saturated heterocycles. The molecule has 0 radical (unpaired) electrons. The molecule has 0 amide bonds. The average Bonchev–Trinajstić information content (AvgIpc) is 3.34. The van der Waals surface area contributed by atoms with Gasteiger partial charge in [-0.25, -0.2) is 0 Å². The largest absolute Gasteiger partial charge is 0.466 e. The maximum absolute atomic E-state index is 11.7. The number of rotatable bonds is 6. The van der Waals surface area contributed by atoms with E-state index in [9.17, 15) is 4.79 Å². The molecule has 2 N–H and O–H groups in total. The van der Waals surface area contributed by atoms with Gasteiger partial charge in [-0.05, 0) is 38.0 Å². The van der Waals surface area contributed by atoms with Crippen molar-refractivity contribution < 1.29 is 9.53 Å². The first-order valence-electron chi connectivity index (χ1n) is 9.57. The molecule has 1 aliphatic carbocycles. The summed E-state index contributed by atoms with van der Waals surface area (Å²) in [4.78, 5) is 19.9. The lowest BCUT2D eigenvalue weighted by molar-refractivity contribution is -0.143. The zero-order valence-corrected chi connectivity index (χ0v) is 17.0. The third-order valence-corrected chi connectivity index (χ3v) is 6.43. The molecule has 0 unspecified atom stereocenters. The van der Waals surface area contributed by atoms with Gasteiger partial charge in [-0.1, -0.05) is 24.4 Å². The van der Waals surface area contributed by atoms with Crippen LogP contribution in [0.2, 0.25) is 5.02 Å². The number of hydrogen-bond acceptors (Lipinski definition) is 5. The van der Waals surface area contributed by atoms with E-state index in [-0.39, 0.29) is 12.0 Å². The molecule has 1 saturated carbocycles. The van der Waals surface area contributed by atoms with E-state index in [1.807, 2.05) is 19.1 Å². The van der Waals surface area contributed by atoms with Gasteiger partial charge in [-0.15, -0.1) is 11.8 Å². The Labute approximate surface area is 168 Å². The van der Waals surface area contributed by atoms with Crippen molar-refractivity contribution in [1.82, 2.24) is 4.98 Å². The predicted octanol–water partition coefficient (Wildman–Crippen LogP) is 4.99. The lowest BCUT2D eigenvalue weighted by atomic mass is 10.2. The summed E-state index contributed by atoms with van der Waals surface area (Å²) < 4.78 is 5.04. The number of aliphatic imine (C=N–C) groups is 1. The van der Waals surface area contributed by atoms with E-state index in [1.165, 1.54) is 25.7 Å². The zero-order valence-electron chi connectivity index (χ0n) is 15.4. The number of ether oxygens (including phenoxy) is 1. The predicted molar refractivity (Wildman–Crippen MR) is 113 cm³/mol. The summed E-state index contributed by atoms with van der Waals surface area (Å²) in [6.07, 6.45) is 5.32. The second-order valence-electron chi connectivity index (χ2n) is 7.13. The monoisotopic (exact) mass is 405 g/mol. The van der Waals surface area contributed by atoms with Gasteiger partial charge < -0.3 is 15.0 Å². The molecule has 2 aromatic rings.